The topological polar surface area (TPSA) is 29.5 Å². The summed E-state index contributed by atoms with van der Waals surface area (Å²) in [5.74, 6) is 0.713. The maximum atomic E-state index is 11.8. The summed E-state index contributed by atoms with van der Waals surface area (Å²) in [6.07, 6.45) is 0. The SMILES string of the molecule is Cc1cccc(C2=C(N(C)C)OCC2=O)c1. The Morgan fingerprint density at radius 2 is 2.06 bits per heavy atom. The van der Waals surface area contributed by atoms with Crippen LogP contribution in [0.25, 0.3) is 5.57 Å². The van der Waals surface area contributed by atoms with Gasteiger partial charge in [0.2, 0.25) is 11.7 Å². The van der Waals surface area contributed by atoms with Crippen LogP contribution in [0.4, 0.5) is 0 Å². The van der Waals surface area contributed by atoms with Crippen LogP contribution in [0.2, 0.25) is 0 Å². The molecule has 0 fully saturated rings. The van der Waals surface area contributed by atoms with E-state index in [1.807, 2.05) is 50.2 Å². The summed E-state index contributed by atoms with van der Waals surface area (Å²) in [5.41, 5.74) is 2.77. The molecule has 0 atom stereocenters. The number of nitrogens with zero attached hydrogens (tertiary/aromatic N) is 1. The van der Waals surface area contributed by atoms with Gasteiger partial charge in [0.1, 0.15) is 0 Å². The zero-order chi connectivity index (χ0) is 11.7. The Balaban J connectivity index is 2.52. The summed E-state index contributed by atoms with van der Waals surface area (Å²) in [5, 5.41) is 0. The van der Waals surface area contributed by atoms with Gasteiger partial charge in [-0.25, -0.2) is 0 Å². The molecule has 0 saturated heterocycles. The summed E-state index contributed by atoms with van der Waals surface area (Å²) in [4.78, 5) is 13.6. The minimum absolute atomic E-state index is 0.0503. The highest BCUT2D eigenvalue weighted by Crippen LogP contribution is 2.27. The van der Waals surface area contributed by atoms with Gasteiger partial charge in [-0.3, -0.25) is 4.79 Å². The molecule has 0 amide bonds. The number of hydrogen-bond acceptors (Lipinski definition) is 3. The van der Waals surface area contributed by atoms with Crippen molar-refractivity contribution >= 4 is 11.4 Å². The van der Waals surface area contributed by atoms with Crippen molar-refractivity contribution in [3.63, 3.8) is 0 Å². The molecule has 1 heterocycles. The maximum Gasteiger partial charge on any atom is 0.206 e. The smallest absolute Gasteiger partial charge is 0.206 e. The van der Waals surface area contributed by atoms with Crippen LogP contribution in [-0.4, -0.2) is 31.4 Å². The van der Waals surface area contributed by atoms with Gasteiger partial charge in [0.15, 0.2) is 6.61 Å². The van der Waals surface area contributed by atoms with Crippen molar-refractivity contribution in [3.8, 4) is 0 Å². The van der Waals surface area contributed by atoms with Gasteiger partial charge in [-0.15, -0.1) is 0 Å². The van der Waals surface area contributed by atoms with Gasteiger partial charge in [0.05, 0.1) is 5.57 Å². The maximum absolute atomic E-state index is 11.8. The minimum Gasteiger partial charge on any atom is -0.470 e. The summed E-state index contributed by atoms with van der Waals surface area (Å²) in [6, 6.07) is 7.92. The van der Waals surface area contributed by atoms with Crippen molar-refractivity contribution in [2.75, 3.05) is 20.7 Å². The van der Waals surface area contributed by atoms with Gasteiger partial charge >= 0.3 is 0 Å². The predicted molar refractivity (Wildman–Crippen MR) is 62.7 cm³/mol. The fourth-order valence-electron chi connectivity index (χ4n) is 1.84. The molecular weight excluding hydrogens is 202 g/mol. The Hall–Kier alpha value is -1.77. The van der Waals surface area contributed by atoms with Crippen LogP contribution >= 0.6 is 0 Å². The molecule has 0 aromatic heterocycles. The normalized spacial score (nSPS) is 15.3. The third kappa shape index (κ3) is 1.81. The Morgan fingerprint density at radius 3 is 2.69 bits per heavy atom. The first-order chi connectivity index (χ1) is 7.59. The lowest BCUT2D eigenvalue weighted by Crippen LogP contribution is -2.12. The van der Waals surface area contributed by atoms with Crippen molar-refractivity contribution in [2.45, 2.75) is 6.92 Å². The van der Waals surface area contributed by atoms with Gasteiger partial charge in [-0.2, -0.15) is 0 Å². The minimum atomic E-state index is 0.0503. The average molecular weight is 217 g/mol. The Kier molecular flexibility index (Phi) is 2.69. The van der Waals surface area contributed by atoms with Crippen molar-refractivity contribution in [1.82, 2.24) is 4.90 Å². The lowest BCUT2D eigenvalue weighted by molar-refractivity contribution is -0.115. The highest BCUT2D eigenvalue weighted by molar-refractivity contribution is 6.23. The van der Waals surface area contributed by atoms with Crippen molar-refractivity contribution in [2.24, 2.45) is 0 Å². The molecular formula is C13H15NO2. The van der Waals surface area contributed by atoms with Gasteiger partial charge < -0.3 is 9.64 Å². The fourth-order valence-corrected chi connectivity index (χ4v) is 1.84. The van der Waals surface area contributed by atoms with E-state index in [4.69, 9.17) is 4.74 Å². The van der Waals surface area contributed by atoms with Gasteiger partial charge in [-0.05, 0) is 12.5 Å². The monoisotopic (exact) mass is 217 g/mol. The third-order valence-electron chi connectivity index (χ3n) is 2.55. The molecule has 1 aliphatic rings. The summed E-state index contributed by atoms with van der Waals surface area (Å²) >= 11 is 0. The number of carbonyl (C=O) groups is 1. The Labute approximate surface area is 95.3 Å². The van der Waals surface area contributed by atoms with Crippen LogP contribution in [0.3, 0.4) is 0 Å². The fraction of sp³-hybridized carbons (Fsp3) is 0.308. The molecule has 0 radical (unpaired) electrons. The second-order valence-corrected chi connectivity index (χ2v) is 4.16. The lowest BCUT2D eigenvalue weighted by atomic mass is 10.0. The lowest BCUT2D eigenvalue weighted by Gasteiger charge is -2.14. The van der Waals surface area contributed by atoms with E-state index in [1.54, 1.807) is 0 Å². The first-order valence-electron chi connectivity index (χ1n) is 5.24. The number of benzene rings is 1. The number of ether oxygens (including phenoxy) is 1. The number of Topliss-reactive ketones (excluding diaryl/α,β-unsaturated/α-hetero) is 1. The number of carbonyl (C=O) groups excluding carboxylic acids is 1. The number of aryl methyl sites for hydroxylation is 1. The molecule has 3 heteroatoms. The van der Waals surface area contributed by atoms with E-state index in [-0.39, 0.29) is 12.4 Å². The third-order valence-corrected chi connectivity index (χ3v) is 2.55. The van der Waals surface area contributed by atoms with Crippen LogP contribution in [0.15, 0.2) is 30.1 Å². The molecule has 0 saturated carbocycles. The van der Waals surface area contributed by atoms with Crippen molar-refractivity contribution in [3.05, 3.63) is 41.3 Å². The predicted octanol–water partition coefficient (Wildman–Crippen LogP) is 1.82. The molecule has 0 unspecified atom stereocenters. The summed E-state index contributed by atoms with van der Waals surface area (Å²) in [7, 11) is 3.76. The molecule has 3 nitrogen and oxygen atoms in total. The second kappa shape index (κ2) is 4.00. The summed E-state index contributed by atoms with van der Waals surface area (Å²) in [6.45, 7) is 2.16. The van der Waals surface area contributed by atoms with Crippen LogP contribution < -0.4 is 0 Å². The first kappa shape index (κ1) is 10.7. The molecule has 84 valence electrons. The number of hydrogen-bond donors (Lipinski definition) is 0. The van der Waals surface area contributed by atoms with E-state index in [9.17, 15) is 4.79 Å². The number of rotatable bonds is 2. The van der Waals surface area contributed by atoms with Gasteiger partial charge in [0.25, 0.3) is 0 Å². The molecule has 0 aliphatic carbocycles. The summed E-state index contributed by atoms with van der Waals surface area (Å²) < 4.78 is 5.39. The van der Waals surface area contributed by atoms with E-state index in [0.717, 1.165) is 11.1 Å². The van der Waals surface area contributed by atoms with E-state index in [1.165, 1.54) is 0 Å². The number of ketones is 1. The quantitative estimate of drug-likeness (QED) is 0.756. The highest BCUT2D eigenvalue weighted by atomic mass is 16.5. The molecule has 1 aromatic carbocycles. The van der Waals surface area contributed by atoms with Crippen molar-refractivity contribution < 1.29 is 9.53 Å². The van der Waals surface area contributed by atoms with E-state index >= 15 is 0 Å². The molecule has 16 heavy (non-hydrogen) atoms. The average Bonchev–Trinajstić information content (AvgIpc) is 2.60. The molecule has 2 rings (SSSR count). The standard InChI is InChI=1S/C13H15NO2/c1-9-5-4-6-10(7-9)12-11(15)8-16-13(12)14(2)3/h4-7H,8H2,1-3H3. The van der Waals surface area contributed by atoms with Gasteiger partial charge in [0, 0.05) is 14.1 Å². The molecule has 1 aliphatic heterocycles. The highest BCUT2D eigenvalue weighted by Gasteiger charge is 2.27. The largest absolute Gasteiger partial charge is 0.470 e. The Bertz CT molecular complexity index is 461. The first-order valence-corrected chi connectivity index (χ1v) is 5.24. The Morgan fingerprint density at radius 1 is 1.31 bits per heavy atom. The molecule has 0 N–H and O–H groups in total. The van der Waals surface area contributed by atoms with Crippen molar-refractivity contribution in [1.29, 1.82) is 0 Å². The zero-order valence-electron chi connectivity index (χ0n) is 9.78. The van der Waals surface area contributed by atoms with Crippen LogP contribution in [0.1, 0.15) is 11.1 Å². The molecule has 1 aromatic rings. The molecule has 0 bridgehead atoms. The van der Waals surface area contributed by atoms with E-state index < -0.39 is 0 Å². The van der Waals surface area contributed by atoms with E-state index in [2.05, 4.69) is 0 Å². The zero-order valence-corrected chi connectivity index (χ0v) is 9.78. The second-order valence-electron chi connectivity index (χ2n) is 4.16. The van der Waals surface area contributed by atoms with Crippen LogP contribution in [-0.2, 0) is 9.53 Å². The van der Waals surface area contributed by atoms with E-state index in [0.29, 0.717) is 11.5 Å². The van der Waals surface area contributed by atoms with Crippen LogP contribution in [0.5, 0.6) is 0 Å². The molecule has 0 spiro atoms. The van der Waals surface area contributed by atoms with Gasteiger partial charge in [-0.1, -0.05) is 29.8 Å². The van der Waals surface area contributed by atoms with Crippen LogP contribution in [0, 0.1) is 6.92 Å².